The second-order valence-electron chi connectivity index (χ2n) is 6.13. The zero-order valence-electron chi connectivity index (χ0n) is 14.1. The molecule has 0 radical (unpaired) electrons. The smallest absolute Gasteiger partial charge is 0.340 e. The van der Waals surface area contributed by atoms with E-state index in [0.717, 1.165) is 39.7 Å². The molecular weight excluding hydrogens is 372 g/mol. The molecule has 24 heavy (non-hydrogen) atoms. The van der Waals surface area contributed by atoms with Gasteiger partial charge in [-0.2, -0.15) is 0 Å². The first-order valence-electron chi connectivity index (χ1n) is 8.41. The quantitative estimate of drug-likeness (QED) is 0.780. The standard InChI is InChI=1S/C18H23BrN2O3/c1-3-23-18(22)17-12-8-13(19)16(24-11-6-4-5-7-11)9-14(12)21(2)15(17)10-20/h8-9,11H,3-7,10,20H2,1-2H3. The number of carbonyl (C=O) groups is 1. The number of aryl methyl sites for hydroxylation is 1. The number of halogens is 1. The third-order valence-corrected chi connectivity index (χ3v) is 5.26. The first-order chi connectivity index (χ1) is 11.6. The summed E-state index contributed by atoms with van der Waals surface area (Å²) >= 11 is 3.59. The number of carbonyl (C=O) groups excluding carboxylic acids is 1. The molecule has 130 valence electrons. The van der Waals surface area contributed by atoms with E-state index in [-0.39, 0.29) is 18.6 Å². The van der Waals surface area contributed by atoms with Crippen molar-refractivity contribution < 1.29 is 14.3 Å². The van der Waals surface area contributed by atoms with Crippen LogP contribution in [0.5, 0.6) is 5.75 Å². The van der Waals surface area contributed by atoms with Gasteiger partial charge in [-0.1, -0.05) is 0 Å². The monoisotopic (exact) mass is 394 g/mol. The lowest BCUT2D eigenvalue weighted by Crippen LogP contribution is -2.12. The van der Waals surface area contributed by atoms with E-state index in [9.17, 15) is 4.79 Å². The minimum absolute atomic E-state index is 0.274. The van der Waals surface area contributed by atoms with Gasteiger partial charge in [-0.3, -0.25) is 0 Å². The zero-order valence-corrected chi connectivity index (χ0v) is 15.7. The van der Waals surface area contributed by atoms with E-state index >= 15 is 0 Å². The Morgan fingerprint density at radius 1 is 1.38 bits per heavy atom. The summed E-state index contributed by atoms with van der Waals surface area (Å²) in [7, 11) is 1.92. The number of aromatic nitrogens is 1. The third kappa shape index (κ3) is 3.05. The summed E-state index contributed by atoms with van der Waals surface area (Å²) in [5.74, 6) is 0.480. The predicted octanol–water partition coefficient (Wildman–Crippen LogP) is 3.90. The molecule has 0 saturated heterocycles. The fourth-order valence-corrected chi connectivity index (χ4v) is 3.87. The number of nitrogens with two attached hydrogens (primary N) is 1. The second-order valence-corrected chi connectivity index (χ2v) is 6.98. The fourth-order valence-electron chi connectivity index (χ4n) is 3.44. The summed E-state index contributed by atoms with van der Waals surface area (Å²) in [4.78, 5) is 12.4. The topological polar surface area (TPSA) is 66.5 Å². The number of ether oxygens (including phenoxy) is 2. The van der Waals surface area contributed by atoms with E-state index in [1.165, 1.54) is 12.8 Å². The number of hydrogen-bond donors (Lipinski definition) is 1. The van der Waals surface area contributed by atoms with Gasteiger partial charge >= 0.3 is 5.97 Å². The van der Waals surface area contributed by atoms with E-state index < -0.39 is 0 Å². The zero-order chi connectivity index (χ0) is 17.3. The van der Waals surface area contributed by atoms with Crippen molar-refractivity contribution in [2.45, 2.75) is 45.3 Å². The molecule has 0 unspecified atom stereocenters. The molecule has 1 fully saturated rings. The Morgan fingerprint density at radius 2 is 2.08 bits per heavy atom. The average Bonchev–Trinajstić information content (AvgIpc) is 3.15. The number of esters is 1. The van der Waals surface area contributed by atoms with Crippen LogP contribution in [-0.2, 0) is 18.3 Å². The molecule has 1 aliphatic rings. The third-order valence-electron chi connectivity index (χ3n) is 4.64. The number of nitrogens with zero attached hydrogens (tertiary/aromatic N) is 1. The number of hydrogen-bond acceptors (Lipinski definition) is 4. The van der Waals surface area contributed by atoms with Gasteiger partial charge in [0.1, 0.15) is 5.75 Å². The van der Waals surface area contributed by atoms with Crippen LogP contribution < -0.4 is 10.5 Å². The summed E-state index contributed by atoms with van der Waals surface area (Å²) in [6.45, 7) is 2.41. The van der Waals surface area contributed by atoms with Crippen LogP contribution in [0.4, 0.5) is 0 Å². The molecule has 1 aliphatic carbocycles. The van der Waals surface area contributed by atoms with Gasteiger partial charge in [-0.25, -0.2) is 4.79 Å². The molecule has 1 aromatic carbocycles. The summed E-state index contributed by atoms with van der Waals surface area (Å²) in [6.07, 6.45) is 4.91. The molecular formula is C18H23BrN2O3. The van der Waals surface area contributed by atoms with Crippen LogP contribution in [0.3, 0.4) is 0 Å². The van der Waals surface area contributed by atoms with Gasteiger partial charge in [0.15, 0.2) is 0 Å². The highest BCUT2D eigenvalue weighted by molar-refractivity contribution is 9.10. The molecule has 6 heteroatoms. The molecule has 2 N–H and O–H groups in total. The van der Waals surface area contributed by atoms with Crippen LogP contribution in [-0.4, -0.2) is 23.2 Å². The van der Waals surface area contributed by atoms with E-state index in [2.05, 4.69) is 15.9 Å². The molecule has 0 amide bonds. The molecule has 2 aromatic rings. The minimum Gasteiger partial charge on any atom is -0.489 e. The van der Waals surface area contributed by atoms with Gasteiger partial charge < -0.3 is 19.8 Å². The van der Waals surface area contributed by atoms with Gasteiger partial charge in [0.25, 0.3) is 0 Å². The average molecular weight is 395 g/mol. The molecule has 0 aliphatic heterocycles. The van der Waals surface area contributed by atoms with Crippen molar-refractivity contribution in [1.29, 1.82) is 0 Å². The lowest BCUT2D eigenvalue weighted by atomic mass is 10.1. The van der Waals surface area contributed by atoms with Crippen molar-refractivity contribution in [2.75, 3.05) is 6.61 Å². The van der Waals surface area contributed by atoms with Gasteiger partial charge in [-0.15, -0.1) is 0 Å². The highest BCUT2D eigenvalue weighted by Crippen LogP contribution is 2.37. The Morgan fingerprint density at radius 3 is 2.71 bits per heavy atom. The van der Waals surface area contributed by atoms with Gasteiger partial charge in [0, 0.05) is 30.7 Å². The molecule has 0 spiro atoms. The maximum atomic E-state index is 12.4. The first kappa shape index (κ1) is 17.3. The Bertz CT molecular complexity index is 763. The molecule has 3 rings (SSSR count). The largest absolute Gasteiger partial charge is 0.489 e. The van der Waals surface area contributed by atoms with Gasteiger partial charge in [0.05, 0.1) is 28.3 Å². The van der Waals surface area contributed by atoms with Crippen LogP contribution >= 0.6 is 15.9 Å². The molecule has 1 heterocycles. The Balaban J connectivity index is 2.09. The normalized spacial score (nSPS) is 15.2. The van der Waals surface area contributed by atoms with Crippen molar-refractivity contribution >= 4 is 32.8 Å². The molecule has 5 nitrogen and oxygen atoms in total. The van der Waals surface area contributed by atoms with Gasteiger partial charge in [0.2, 0.25) is 0 Å². The number of rotatable bonds is 5. The predicted molar refractivity (Wildman–Crippen MR) is 97.4 cm³/mol. The molecule has 0 bridgehead atoms. The van der Waals surface area contributed by atoms with Crippen molar-refractivity contribution in [1.82, 2.24) is 4.57 Å². The van der Waals surface area contributed by atoms with Crippen LogP contribution in [0.2, 0.25) is 0 Å². The first-order valence-corrected chi connectivity index (χ1v) is 9.20. The number of fused-ring (bicyclic) bond motifs is 1. The molecule has 1 aromatic heterocycles. The summed E-state index contributed by atoms with van der Waals surface area (Å²) in [5.41, 5.74) is 8.13. The molecule has 1 saturated carbocycles. The van der Waals surface area contributed by atoms with E-state index in [1.54, 1.807) is 6.92 Å². The van der Waals surface area contributed by atoms with Crippen LogP contribution in [0.15, 0.2) is 16.6 Å². The highest BCUT2D eigenvalue weighted by atomic mass is 79.9. The SMILES string of the molecule is CCOC(=O)c1c(CN)n(C)c2cc(OC3CCCC3)c(Br)cc12. The Hall–Kier alpha value is -1.53. The van der Waals surface area contributed by atoms with Crippen LogP contribution in [0.25, 0.3) is 10.9 Å². The van der Waals surface area contributed by atoms with Crippen molar-refractivity contribution in [2.24, 2.45) is 12.8 Å². The maximum Gasteiger partial charge on any atom is 0.340 e. The van der Waals surface area contributed by atoms with Crippen LogP contribution in [0, 0.1) is 0 Å². The van der Waals surface area contributed by atoms with Crippen molar-refractivity contribution in [3.63, 3.8) is 0 Å². The van der Waals surface area contributed by atoms with E-state index in [1.807, 2.05) is 23.7 Å². The van der Waals surface area contributed by atoms with Crippen molar-refractivity contribution in [3.8, 4) is 5.75 Å². The second kappa shape index (κ2) is 7.15. The highest BCUT2D eigenvalue weighted by Gasteiger charge is 2.24. The van der Waals surface area contributed by atoms with Crippen molar-refractivity contribution in [3.05, 3.63) is 27.9 Å². The fraction of sp³-hybridized carbons (Fsp3) is 0.500. The lowest BCUT2D eigenvalue weighted by molar-refractivity contribution is 0.0527. The van der Waals surface area contributed by atoms with E-state index in [0.29, 0.717) is 12.2 Å². The summed E-state index contributed by atoms with van der Waals surface area (Å²) < 4.78 is 14.2. The Labute approximate surface area is 150 Å². The lowest BCUT2D eigenvalue weighted by Gasteiger charge is -2.15. The van der Waals surface area contributed by atoms with E-state index in [4.69, 9.17) is 15.2 Å². The van der Waals surface area contributed by atoms with Gasteiger partial charge in [-0.05, 0) is 54.6 Å². The Kier molecular flexibility index (Phi) is 5.15. The molecule has 0 atom stereocenters. The summed E-state index contributed by atoms with van der Waals surface area (Å²) in [5, 5.41) is 0.835. The minimum atomic E-state index is -0.333. The number of benzene rings is 1. The van der Waals surface area contributed by atoms with Crippen LogP contribution in [0.1, 0.15) is 48.7 Å². The maximum absolute atomic E-state index is 12.4. The summed E-state index contributed by atoms with van der Waals surface area (Å²) in [6, 6.07) is 3.92.